The molecule has 17 heavy (non-hydrogen) atoms. The lowest BCUT2D eigenvalue weighted by molar-refractivity contribution is 1.45. The SMILES string of the molecule is Cc1ccc(Nc2c(Cl)cc(N)cc2Cl)cc1. The van der Waals surface area contributed by atoms with E-state index in [4.69, 9.17) is 28.9 Å². The summed E-state index contributed by atoms with van der Waals surface area (Å²) in [6.45, 7) is 2.03. The molecule has 0 aliphatic carbocycles. The van der Waals surface area contributed by atoms with Crippen molar-refractivity contribution >= 4 is 40.3 Å². The first-order valence-electron chi connectivity index (χ1n) is 5.14. The molecule has 0 bridgehead atoms. The molecule has 0 spiro atoms. The van der Waals surface area contributed by atoms with Gasteiger partial charge >= 0.3 is 0 Å². The van der Waals surface area contributed by atoms with Crippen molar-refractivity contribution in [1.82, 2.24) is 0 Å². The summed E-state index contributed by atoms with van der Waals surface area (Å²) in [4.78, 5) is 0. The molecule has 0 aromatic heterocycles. The fourth-order valence-electron chi connectivity index (χ4n) is 1.49. The molecule has 0 atom stereocenters. The molecule has 2 aromatic carbocycles. The minimum absolute atomic E-state index is 0.510. The van der Waals surface area contributed by atoms with Gasteiger partial charge in [0.25, 0.3) is 0 Å². The van der Waals surface area contributed by atoms with Crippen LogP contribution in [0.25, 0.3) is 0 Å². The maximum absolute atomic E-state index is 6.09. The third kappa shape index (κ3) is 2.84. The molecule has 0 saturated heterocycles. The summed E-state index contributed by atoms with van der Waals surface area (Å²) in [5, 5.41) is 4.20. The molecule has 0 aliphatic rings. The second kappa shape index (κ2) is 4.86. The summed E-state index contributed by atoms with van der Waals surface area (Å²) in [5.74, 6) is 0. The topological polar surface area (TPSA) is 38.0 Å². The van der Waals surface area contributed by atoms with E-state index in [1.54, 1.807) is 12.1 Å². The second-order valence-electron chi connectivity index (χ2n) is 3.85. The third-order valence-electron chi connectivity index (χ3n) is 2.39. The zero-order chi connectivity index (χ0) is 12.4. The number of hydrogen-bond acceptors (Lipinski definition) is 2. The van der Waals surface area contributed by atoms with E-state index in [-0.39, 0.29) is 0 Å². The van der Waals surface area contributed by atoms with Crippen molar-refractivity contribution < 1.29 is 0 Å². The Morgan fingerprint density at radius 2 is 1.53 bits per heavy atom. The van der Waals surface area contributed by atoms with Crippen LogP contribution in [0, 0.1) is 6.92 Å². The highest BCUT2D eigenvalue weighted by molar-refractivity contribution is 6.39. The number of nitrogens with one attached hydrogen (secondary N) is 1. The number of anilines is 3. The van der Waals surface area contributed by atoms with Crippen LogP contribution >= 0.6 is 23.2 Å². The van der Waals surface area contributed by atoms with Gasteiger partial charge in [-0.1, -0.05) is 40.9 Å². The molecular weight excluding hydrogens is 255 g/mol. The normalized spacial score (nSPS) is 10.3. The van der Waals surface area contributed by atoms with E-state index in [2.05, 4.69) is 5.32 Å². The van der Waals surface area contributed by atoms with Crippen LogP contribution in [0.1, 0.15) is 5.56 Å². The van der Waals surface area contributed by atoms with Crippen molar-refractivity contribution in [2.24, 2.45) is 0 Å². The second-order valence-corrected chi connectivity index (χ2v) is 4.66. The van der Waals surface area contributed by atoms with Crippen LogP contribution < -0.4 is 11.1 Å². The Morgan fingerprint density at radius 3 is 2.06 bits per heavy atom. The van der Waals surface area contributed by atoms with E-state index in [9.17, 15) is 0 Å². The van der Waals surface area contributed by atoms with Gasteiger partial charge in [-0.15, -0.1) is 0 Å². The van der Waals surface area contributed by atoms with Crippen molar-refractivity contribution in [2.45, 2.75) is 6.92 Å². The lowest BCUT2D eigenvalue weighted by atomic mass is 10.2. The van der Waals surface area contributed by atoms with Crippen LogP contribution in [-0.4, -0.2) is 0 Å². The summed E-state index contributed by atoms with van der Waals surface area (Å²) in [6.07, 6.45) is 0. The van der Waals surface area contributed by atoms with Crippen LogP contribution in [0.4, 0.5) is 17.1 Å². The molecular formula is C13H12Cl2N2. The summed E-state index contributed by atoms with van der Waals surface area (Å²) in [7, 11) is 0. The minimum atomic E-state index is 0.510. The quantitative estimate of drug-likeness (QED) is 0.778. The molecule has 2 rings (SSSR count). The molecule has 3 N–H and O–H groups in total. The molecule has 0 fully saturated rings. The van der Waals surface area contributed by atoms with Crippen molar-refractivity contribution in [1.29, 1.82) is 0 Å². The molecule has 4 heteroatoms. The van der Waals surface area contributed by atoms with Gasteiger partial charge in [0.1, 0.15) is 0 Å². The highest BCUT2D eigenvalue weighted by Gasteiger charge is 2.07. The van der Waals surface area contributed by atoms with E-state index >= 15 is 0 Å². The minimum Gasteiger partial charge on any atom is -0.399 e. The van der Waals surface area contributed by atoms with Crippen molar-refractivity contribution in [3.8, 4) is 0 Å². The van der Waals surface area contributed by atoms with Crippen molar-refractivity contribution in [3.63, 3.8) is 0 Å². The molecule has 88 valence electrons. The Balaban J connectivity index is 2.33. The Hall–Kier alpha value is -1.38. The number of aryl methyl sites for hydroxylation is 1. The highest BCUT2D eigenvalue weighted by atomic mass is 35.5. The standard InChI is InChI=1S/C13H12Cl2N2/c1-8-2-4-10(5-3-8)17-13-11(14)6-9(16)7-12(13)15/h2-7,17H,16H2,1H3. The molecule has 0 amide bonds. The Bertz CT molecular complexity index is 513. The summed E-state index contributed by atoms with van der Waals surface area (Å²) >= 11 is 12.2. The van der Waals surface area contributed by atoms with Crippen LogP contribution in [0.2, 0.25) is 10.0 Å². The smallest absolute Gasteiger partial charge is 0.0764 e. The number of benzene rings is 2. The van der Waals surface area contributed by atoms with Gasteiger partial charge < -0.3 is 11.1 Å². The fourth-order valence-corrected chi connectivity index (χ4v) is 2.09. The number of rotatable bonds is 2. The Kier molecular flexibility index (Phi) is 3.46. The lowest BCUT2D eigenvalue weighted by Crippen LogP contribution is -1.94. The van der Waals surface area contributed by atoms with E-state index in [1.807, 2.05) is 31.2 Å². The van der Waals surface area contributed by atoms with Gasteiger partial charge in [0.2, 0.25) is 0 Å². The van der Waals surface area contributed by atoms with Crippen molar-refractivity contribution in [2.75, 3.05) is 11.1 Å². The Labute approximate surface area is 110 Å². The van der Waals surface area contributed by atoms with Gasteiger partial charge in [-0.25, -0.2) is 0 Å². The average Bonchev–Trinajstić information content (AvgIpc) is 2.26. The number of halogens is 2. The maximum atomic E-state index is 6.09. The molecule has 0 heterocycles. The van der Waals surface area contributed by atoms with Crippen LogP contribution in [0.5, 0.6) is 0 Å². The molecule has 2 nitrogen and oxygen atoms in total. The predicted octanol–water partition coefficient (Wildman–Crippen LogP) is 4.63. The predicted molar refractivity (Wildman–Crippen MR) is 75.3 cm³/mol. The molecule has 0 unspecified atom stereocenters. The van der Waals surface area contributed by atoms with E-state index in [1.165, 1.54) is 5.56 Å². The van der Waals surface area contributed by atoms with Crippen LogP contribution in [0.3, 0.4) is 0 Å². The molecule has 0 saturated carbocycles. The first-order chi connectivity index (χ1) is 8.06. The van der Waals surface area contributed by atoms with E-state index < -0.39 is 0 Å². The molecule has 2 aromatic rings. The summed E-state index contributed by atoms with van der Waals surface area (Å²) in [6, 6.07) is 11.3. The average molecular weight is 267 g/mol. The lowest BCUT2D eigenvalue weighted by Gasteiger charge is -2.11. The van der Waals surface area contributed by atoms with Crippen LogP contribution in [-0.2, 0) is 0 Å². The first-order valence-corrected chi connectivity index (χ1v) is 5.90. The van der Waals surface area contributed by atoms with Crippen molar-refractivity contribution in [3.05, 3.63) is 52.0 Å². The largest absolute Gasteiger partial charge is 0.399 e. The Morgan fingerprint density at radius 1 is 1.00 bits per heavy atom. The summed E-state index contributed by atoms with van der Waals surface area (Å²) < 4.78 is 0. The van der Waals surface area contributed by atoms with Gasteiger partial charge in [-0.3, -0.25) is 0 Å². The number of nitrogens with two attached hydrogens (primary N) is 1. The first kappa shape index (κ1) is 12.1. The van der Waals surface area contributed by atoms with Gasteiger partial charge in [0.15, 0.2) is 0 Å². The summed E-state index contributed by atoms with van der Waals surface area (Å²) in [5.41, 5.74) is 9.00. The van der Waals surface area contributed by atoms with Gasteiger partial charge in [-0.2, -0.15) is 0 Å². The third-order valence-corrected chi connectivity index (χ3v) is 2.98. The molecule has 0 radical (unpaired) electrons. The van der Waals surface area contributed by atoms with E-state index in [0.717, 1.165) is 5.69 Å². The van der Waals surface area contributed by atoms with Gasteiger partial charge in [0.05, 0.1) is 15.7 Å². The van der Waals surface area contributed by atoms with Gasteiger partial charge in [0, 0.05) is 11.4 Å². The number of hydrogen-bond donors (Lipinski definition) is 2. The van der Waals surface area contributed by atoms with E-state index in [0.29, 0.717) is 21.4 Å². The number of nitrogen functional groups attached to an aromatic ring is 1. The maximum Gasteiger partial charge on any atom is 0.0764 e. The van der Waals surface area contributed by atoms with Gasteiger partial charge in [-0.05, 0) is 31.2 Å². The zero-order valence-corrected chi connectivity index (χ0v) is 10.8. The monoisotopic (exact) mass is 266 g/mol. The highest BCUT2D eigenvalue weighted by Crippen LogP contribution is 2.34. The molecule has 0 aliphatic heterocycles. The van der Waals surface area contributed by atoms with Crippen LogP contribution in [0.15, 0.2) is 36.4 Å². The fraction of sp³-hybridized carbons (Fsp3) is 0.0769. The zero-order valence-electron chi connectivity index (χ0n) is 9.30.